The van der Waals surface area contributed by atoms with Crippen molar-refractivity contribution in [2.75, 3.05) is 0 Å². The Balaban J connectivity index is 3.31. The van der Waals surface area contributed by atoms with Crippen LogP contribution in [0.1, 0.15) is 21.8 Å². The van der Waals surface area contributed by atoms with Crippen molar-refractivity contribution in [2.45, 2.75) is 13.1 Å². The number of aromatic nitrogens is 1. The van der Waals surface area contributed by atoms with Gasteiger partial charge in [-0.1, -0.05) is 5.16 Å². The molecule has 0 saturated heterocycles. The van der Waals surface area contributed by atoms with Crippen LogP contribution in [-0.4, -0.2) is 11.1 Å². The Bertz CT molecular complexity index is 341. The lowest BCUT2D eigenvalue weighted by Crippen LogP contribution is -2.25. The lowest BCUT2D eigenvalue weighted by molar-refractivity contribution is -0.256. The Hall–Kier alpha value is -1.53. The maximum atomic E-state index is 12.0. The number of alkyl halides is 3. The van der Waals surface area contributed by atoms with Crippen LogP contribution in [0.15, 0.2) is 4.52 Å². The molecule has 0 bridgehead atoms. The van der Waals surface area contributed by atoms with E-state index in [-0.39, 0.29) is 5.69 Å². The maximum Gasteiger partial charge on any atom is 0.453 e. The summed E-state index contributed by atoms with van der Waals surface area (Å²) in [5.41, 5.74) is -1.40. The summed E-state index contributed by atoms with van der Waals surface area (Å²) in [6, 6.07) is 0. The van der Waals surface area contributed by atoms with E-state index in [1.165, 1.54) is 0 Å². The molecule has 0 fully saturated rings. The van der Waals surface area contributed by atoms with E-state index in [1.807, 2.05) is 0 Å². The van der Waals surface area contributed by atoms with E-state index in [4.69, 9.17) is 0 Å². The Morgan fingerprint density at radius 1 is 1.54 bits per heavy atom. The van der Waals surface area contributed by atoms with Gasteiger partial charge in [0.1, 0.15) is 0 Å². The summed E-state index contributed by atoms with van der Waals surface area (Å²) in [4.78, 5) is 10.2. The van der Waals surface area contributed by atoms with Crippen LogP contribution in [0.25, 0.3) is 0 Å². The van der Waals surface area contributed by atoms with Gasteiger partial charge in [0.25, 0.3) is 0 Å². The Morgan fingerprint density at radius 2 is 2.08 bits per heavy atom. The molecule has 0 aromatic carbocycles. The molecule has 1 aromatic rings. The van der Waals surface area contributed by atoms with Gasteiger partial charge in [-0.2, -0.15) is 13.2 Å². The SMILES string of the molecule is Cc1noc(C(F)(F)F)c1C(=O)[O-]. The molecule has 7 heteroatoms. The molecular weight excluding hydrogens is 191 g/mol. The van der Waals surface area contributed by atoms with Gasteiger partial charge in [-0.15, -0.1) is 0 Å². The highest BCUT2D eigenvalue weighted by Gasteiger charge is 2.40. The fourth-order valence-electron chi connectivity index (χ4n) is 0.804. The van der Waals surface area contributed by atoms with Crippen molar-refractivity contribution in [3.63, 3.8) is 0 Å². The van der Waals surface area contributed by atoms with Crippen molar-refractivity contribution in [3.05, 3.63) is 17.0 Å². The molecule has 0 aliphatic rings. The van der Waals surface area contributed by atoms with Crippen LogP contribution in [0.3, 0.4) is 0 Å². The number of hydrogen-bond donors (Lipinski definition) is 0. The Morgan fingerprint density at radius 3 is 2.38 bits per heavy atom. The van der Waals surface area contributed by atoms with E-state index >= 15 is 0 Å². The van der Waals surface area contributed by atoms with Crippen LogP contribution >= 0.6 is 0 Å². The molecule has 0 atom stereocenters. The normalized spacial score (nSPS) is 11.7. The molecule has 0 aliphatic heterocycles. The van der Waals surface area contributed by atoms with E-state index in [0.29, 0.717) is 0 Å². The smallest absolute Gasteiger partial charge is 0.453 e. The third-order valence-electron chi connectivity index (χ3n) is 1.32. The first kappa shape index (κ1) is 9.56. The van der Waals surface area contributed by atoms with Gasteiger partial charge in [0.2, 0.25) is 5.76 Å². The van der Waals surface area contributed by atoms with Crippen LogP contribution < -0.4 is 5.11 Å². The summed E-state index contributed by atoms with van der Waals surface area (Å²) in [5.74, 6) is -3.59. The second-order valence-corrected chi connectivity index (χ2v) is 2.26. The summed E-state index contributed by atoms with van der Waals surface area (Å²) in [6.45, 7) is 1.09. The first-order chi connectivity index (χ1) is 5.84. The summed E-state index contributed by atoms with van der Waals surface area (Å²) < 4.78 is 39.8. The molecule has 1 heterocycles. The standard InChI is InChI=1S/C6H4F3NO3/c1-2-3(5(11)12)4(13-10-2)6(7,8)9/h1H3,(H,11,12)/p-1. The number of aryl methyl sites for hydroxylation is 1. The molecular formula is C6H3F3NO3-. The molecule has 0 amide bonds. The van der Waals surface area contributed by atoms with E-state index in [1.54, 1.807) is 0 Å². The first-order valence-electron chi connectivity index (χ1n) is 3.09. The number of rotatable bonds is 1. The van der Waals surface area contributed by atoms with E-state index in [2.05, 4.69) is 9.68 Å². The van der Waals surface area contributed by atoms with E-state index in [0.717, 1.165) is 6.92 Å². The molecule has 0 unspecified atom stereocenters. The maximum absolute atomic E-state index is 12.0. The van der Waals surface area contributed by atoms with Crippen LogP contribution in [0.2, 0.25) is 0 Å². The van der Waals surface area contributed by atoms with Gasteiger partial charge in [-0.05, 0) is 6.92 Å². The van der Waals surface area contributed by atoms with Gasteiger partial charge < -0.3 is 14.4 Å². The quantitative estimate of drug-likeness (QED) is 0.647. The lowest BCUT2D eigenvalue weighted by Gasteiger charge is -2.05. The number of carboxylic acid groups (broad SMARTS) is 1. The van der Waals surface area contributed by atoms with Crippen molar-refractivity contribution >= 4 is 5.97 Å². The number of aromatic carboxylic acids is 1. The fraction of sp³-hybridized carbons (Fsp3) is 0.333. The predicted molar refractivity (Wildman–Crippen MR) is 30.6 cm³/mol. The molecule has 0 radical (unpaired) electrons. The summed E-state index contributed by atoms with van der Waals surface area (Å²) in [7, 11) is 0. The molecule has 4 nitrogen and oxygen atoms in total. The van der Waals surface area contributed by atoms with Crippen molar-refractivity contribution in [2.24, 2.45) is 0 Å². The first-order valence-corrected chi connectivity index (χ1v) is 3.09. The molecule has 0 N–H and O–H groups in total. The monoisotopic (exact) mass is 194 g/mol. The van der Waals surface area contributed by atoms with Crippen LogP contribution in [0.4, 0.5) is 13.2 Å². The van der Waals surface area contributed by atoms with E-state index < -0.39 is 23.5 Å². The van der Waals surface area contributed by atoms with Crippen molar-refractivity contribution in [1.29, 1.82) is 0 Å². The van der Waals surface area contributed by atoms with Gasteiger partial charge in [-0.25, -0.2) is 0 Å². The minimum atomic E-state index is -4.86. The minimum Gasteiger partial charge on any atom is -0.545 e. The average molecular weight is 194 g/mol. The van der Waals surface area contributed by atoms with Gasteiger partial charge in [0.15, 0.2) is 0 Å². The van der Waals surface area contributed by atoms with Crippen LogP contribution in [-0.2, 0) is 6.18 Å². The number of halogens is 3. The number of carbonyl (C=O) groups is 1. The Kier molecular flexibility index (Phi) is 2.02. The number of carboxylic acids is 1. The van der Waals surface area contributed by atoms with Crippen LogP contribution in [0.5, 0.6) is 0 Å². The second-order valence-electron chi connectivity index (χ2n) is 2.26. The van der Waals surface area contributed by atoms with E-state index in [9.17, 15) is 23.1 Å². The van der Waals surface area contributed by atoms with Crippen molar-refractivity contribution < 1.29 is 27.6 Å². The molecule has 0 saturated carbocycles. The zero-order chi connectivity index (χ0) is 10.2. The molecule has 0 spiro atoms. The topological polar surface area (TPSA) is 66.2 Å². The summed E-state index contributed by atoms with van der Waals surface area (Å²) in [6.07, 6.45) is -4.86. The molecule has 1 aromatic heterocycles. The molecule has 0 aliphatic carbocycles. The van der Waals surface area contributed by atoms with Gasteiger partial charge in [0.05, 0.1) is 17.2 Å². The molecule has 13 heavy (non-hydrogen) atoms. The number of carbonyl (C=O) groups excluding carboxylic acids is 1. The largest absolute Gasteiger partial charge is 0.545 e. The summed E-state index contributed by atoms with van der Waals surface area (Å²) in [5, 5.41) is 13.1. The third-order valence-corrected chi connectivity index (χ3v) is 1.32. The highest BCUT2D eigenvalue weighted by Crippen LogP contribution is 2.32. The highest BCUT2D eigenvalue weighted by molar-refractivity contribution is 5.88. The zero-order valence-corrected chi connectivity index (χ0v) is 6.31. The van der Waals surface area contributed by atoms with Crippen molar-refractivity contribution in [1.82, 2.24) is 5.16 Å². The van der Waals surface area contributed by atoms with Gasteiger partial charge in [-0.3, -0.25) is 0 Å². The average Bonchev–Trinajstić information content (AvgIpc) is 2.28. The van der Waals surface area contributed by atoms with Gasteiger partial charge in [0, 0.05) is 0 Å². The zero-order valence-electron chi connectivity index (χ0n) is 6.31. The number of nitrogens with zero attached hydrogens (tertiary/aromatic N) is 1. The highest BCUT2D eigenvalue weighted by atomic mass is 19.4. The second kappa shape index (κ2) is 2.75. The van der Waals surface area contributed by atoms with Crippen LogP contribution in [0, 0.1) is 6.92 Å². The molecule has 72 valence electrons. The van der Waals surface area contributed by atoms with Gasteiger partial charge >= 0.3 is 6.18 Å². The Labute approximate surface area is 69.9 Å². The summed E-state index contributed by atoms with van der Waals surface area (Å²) >= 11 is 0. The minimum absolute atomic E-state index is 0.354. The fourth-order valence-corrected chi connectivity index (χ4v) is 0.804. The third kappa shape index (κ3) is 1.63. The molecule has 1 rings (SSSR count). The lowest BCUT2D eigenvalue weighted by atomic mass is 10.2. The van der Waals surface area contributed by atoms with Crippen molar-refractivity contribution in [3.8, 4) is 0 Å². The predicted octanol–water partition coefficient (Wildman–Crippen LogP) is 0.365. The number of hydrogen-bond acceptors (Lipinski definition) is 4.